The van der Waals surface area contributed by atoms with Crippen molar-refractivity contribution in [2.24, 2.45) is 0 Å². The molecular formula is C27H20ClFN2O5. The van der Waals surface area contributed by atoms with Crippen LogP contribution >= 0.6 is 11.6 Å². The van der Waals surface area contributed by atoms with E-state index in [1.54, 1.807) is 37.3 Å². The molecule has 1 aliphatic rings. The summed E-state index contributed by atoms with van der Waals surface area (Å²) in [4.78, 5) is 50.7. The second-order valence-corrected chi connectivity index (χ2v) is 8.29. The average Bonchev–Trinajstić information content (AvgIpc) is 2.84. The number of halogens is 2. The van der Waals surface area contributed by atoms with Crippen LogP contribution < -0.4 is 10.2 Å². The second kappa shape index (κ2) is 10.5. The number of esters is 1. The van der Waals surface area contributed by atoms with Gasteiger partial charge in [-0.25, -0.2) is 18.9 Å². The lowest BCUT2D eigenvalue weighted by molar-refractivity contribution is -0.122. The van der Waals surface area contributed by atoms with E-state index in [0.717, 1.165) is 16.0 Å². The van der Waals surface area contributed by atoms with E-state index in [1.165, 1.54) is 42.5 Å². The number of amides is 4. The number of nitrogens with one attached hydrogen (secondary N) is 1. The van der Waals surface area contributed by atoms with E-state index < -0.39 is 23.8 Å². The number of imide groups is 2. The van der Waals surface area contributed by atoms with Gasteiger partial charge in [-0.1, -0.05) is 35.9 Å². The molecule has 0 atom stereocenters. The fourth-order valence-electron chi connectivity index (χ4n) is 3.68. The number of hydrogen-bond acceptors (Lipinski definition) is 5. The van der Waals surface area contributed by atoms with Crippen LogP contribution in [0.2, 0.25) is 5.02 Å². The molecule has 4 amide bonds. The Hall–Kier alpha value is -4.30. The fraction of sp³-hybridized carbons (Fsp3) is 0.111. The van der Waals surface area contributed by atoms with Crippen molar-refractivity contribution in [3.63, 3.8) is 0 Å². The minimum Gasteiger partial charge on any atom is -0.462 e. The lowest BCUT2D eigenvalue weighted by Gasteiger charge is -2.26. The molecule has 0 aromatic heterocycles. The van der Waals surface area contributed by atoms with Crippen LogP contribution in [0.4, 0.5) is 14.9 Å². The first-order valence-corrected chi connectivity index (χ1v) is 11.4. The third-order valence-corrected chi connectivity index (χ3v) is 5.76. The van der Waals surface area contributed by atoms with Gasteiger partial charge in [-0.15, -0.1) is 0 Å². The SMILES string of the molecule is CCOC(=O)c1ccc(N2C(=O)NC(=O)/C(=C\c3ccc(Cc4cccc(F)c4)c(Cl)c3)C2=O)cc1. The normalized spacial score (nSPS) is 14.7. The van der Waals surface area contributed by atoms with Crippen LogP contribution in [0.5, 0.6) is 0 Å². The van der Waals surface area contributed by atoms with E-state index in [9.17, 15) is 23.6 Å². The third kappa shape index (κ3) is 5.34. The Labute approximate surface area is 211 Å². The number of anilines is 1. The molecule has 0 spiro atoms. The predicted octanol–water partition coefficient (Wildman–Crippen LogP) is 4.91. The van der Waals surface area contributed by atoms with Crippen LogP contribution in [0.15, 0.2) is 72.3 Å². The van der Waals surface area contributed by atoms with Gasteiger partial charge in [0.1, 0.15) is 11.4 Å². The summed E-state index contributed by atoms with van der Waals surface area (Å²) in [6, 6.07) is 15.9. The highest BCUT2D eigenvalue weighted by Crippen LogP contribution is 2.26. The molecule has 7 nitrogen and oxygen atoms in total. The van der Waals surface area contributed by atoms with Crippen molar-refractivity contribution >= 4 is 47.2 Å². The summed E-state index contributed by atoms with van der Waals surface area (Å²) in [6.45, 7) is 1.89. The maximum absolute atomic E-state index is 13.5. The molecule has 0 bridgehead atoms. The zero-order chi connectivity index (χ0) is 25.8. The van der Waals surface area contributed by atoms with Crippen LogP contribution in [0.1, 0.15) is 34.0 Å². The van der Waals surface area contributed by atoms with Gasteiger partial charge < -0.3 is 4.74 Å². The van der Waals surface area contributed by atoms with Gasteiger partial charge in [0, 0.05) is 5.02 Å². The van der Waals surface area contributed by atoms with Gasteiger partial charge >= 0.3 is 12.0 Å². The molecule has 4 rings (SSSR count). The minimum absolute atomic E-state index is 0.174. The third-order valence-electron chi connectivity index (χ3n) is 5.41. The number of ether oxygens (including phenoxy) is 1. The maximum atomic E-state index is 13.5. The Morgan fingerprint density at radius 3 is 2.47 bits per heavy atom. The van der Waals surface area contributed by atoms with Crippen molar-refractivity contribution in [2.75, 3.05) is 11.5 Å². The Bertz CT molecular complexity index is 1400. The first kappa shape index (κ1) is 24.8. The summed E-state index contributed by atoms with van der Waals surface area (Å²) in [5.41, 5.74) is 2.11. The molecule has 3 aromatic carbocycles. The highest BCUT2D eigenvalue weighted by Gasteiger charge is 2.36. The number of benzene rings is 3. The quantitative estimate of drug-likeness (QED) is 0.291. The van der Waals surface area contributed by atoms with Crippen LogP contribution in [-0.4, -0.2) is 30.4 Å². The molecule has 182 valence electrons. The van der Waals surface area contributed by atoms with Crippen LogP contribution in [0.3, 0.4) is 0 Å². The van der Waals surface area contributed by atoms with Crippen molar-refractivity contribution in [3.05, 3.63) is 105 Å². The smallest absolute Gasteiger partial charge is 0.338 e. The van der Waals surface area contributed by atoms with E-state index >= 15 is 0 Å². The summed E-state index contributed by atoms with van der Waals surface area (Å²) in [6.07, 6.45) is 1.73. The van der Waals surface area contributed by atoms with Crippen LogP contribution in [-0.2, 0) is 20.7 Å². The first-order valence-electron chi connectivity index (χ1n) is 11.0. The lowest BCUT2D eigenvalue weighted by atomic mass is 10.0. The van der Waals surface area contributed by atoms with E-state index in [0.29, 0.717) is 17.0 Å². The highest BCUT2D eigenvalue weighted by molar-refractivity contribution is 6.39. The Kier molecular flexibility index (Phi) is 7.26. The summed E-state index contributed by atoms with van der Waals surface area (Å²) in [5, 5.41) is 2.52. The van der Waals surface area contributed by atoms with E-state index in [2.05, 4.69) is 5.32 Å². The number of carbonyl (C=O) groups excluding carboxylic acids is 4. The Morgan fingerprint density at radius 2 is 1.81 bits per heavy atom. The number of urea groups is 1. The number of hydrogen-bond donors (Lipinski definition) is 1. The molecule has 9 heteroatoms. The van der Waals surface area contributed by atoms with Crippen LogP contribution in [0.25, 0.3) is 6.08 Å². The Balaban J connectivity index is 1.58. The van der Waals surface area contributed by atoms with E-state index in [-0.39, 0.29) is 29.2 Å². The molecule has 1 fully saturated rings. The number of carbonyl (C=O) groups is 4. The standard InChI is InChI=1S/C27H20ClFN2O5/c1-2-36-26(34)18-8-10-21(11-9-18)31-25(33)22(24(32)30-27(31)35)14-17-6-7-19(23(28)15-17)12-16-4-3-5-20(29)13-16/h3-11,13-15H,2,12H2,1H3,(H,30,32,35)/b22-14+. The molecule has 36 heavy (non-hydrogen) atoms. The molecule has 3 aromatic rings. The average molecular weight is 507 g/mol. The second-order valence-electron chi connectivity index (χ2n) is 7.88. The topological polar surface area (TPSA) is 92.8 Å². The lowest BCUT2D eigenvalue weighted by Crippen LogP contribution is -2.54. The molecular weight excluding hydrogens is 487 g/mol. The van der Waals surface area contributed by atoms with Gasteiger partial charge in [0.2, 0.25) is 0 Å². The molecule has 0 aliphatic carbocycles. The molecule has 0 saturated carbocycles. The zero-order valence-corrected chi connectivity index (χ0v) is 19.8. The predicted molar refractivity (Wildman–Crippen MR) is 132 cm³/mol. The fourth-order valence-corrected chi connectivity index (χ4v) is 3.94. The Morgan fingerprint density at radius 1 is 1.06 bits per heavy atom. The molecule has 1 aliphatic heterocycles. The van der Waals surface area contributed by atoms with Gasteiger partial charge in [0.05, 0.1) is 17.9 Å². The van der Waals surface area contributed by atoms with Gasteiger partial charge in [0.15, 0.2) is 0 Å². The minimum atomic E-state index is -0.908. The monoisotopic (exact) mass is 506 g/mol. The summed E-state index contributed by atoms with van der Waals surface area (Å²) < 4.78 is 18.4. The summed E-state index contributed by atoms with van der Waals surface area (Å²) >= 11 is 6.41. The maximum Gasteiger partial charge on any atom is 0.338 e. The van der Waals surface area contributed by atoms with Crippen LogP contribution in [0, 0.1) is 5.82 Å². The molecule has 1 heterocycles. The summed E-state index contributed by atoms with van der Waals surface area (Å²) in [5.74, 6) is -2.55. The molecule has 0 radical (unpaired) electrons. The van der Waals surface area contributed by atoms with Gasteiger partial charge in [-0.2, -0.15) is 0 Å². The largest absolute Gasteiger partial charge is 0.462 e. The molecule has 1 N–H and O–H groups in total. The van der Waals surface area contributed by atoms with Gasteiger partial charge in [0.25, 0.3) is 11.8 Å². The number of nitrogens with zero attached hydrogens (tertiary/aromatic N) is 1. The zero-order valence-electron chi connectivity index (χ0n) is 19.1. The molecule has 0 unspecified atom stereocenters. The highest BCUT2D eigenvalue weighted by atomic mass is 35.5. The van der Waals surface area contributed by atoms with E-state index in [1.807, 2.05) is 0 Å². The first-order chi connectivity index (χ1) is 17.3. The van der Waals surface area contributed by atoms with Gasteiger partial charge in [-0.05, 0) is 78.6 Å². The van der Waals surface area contributed by atoms with Crippen molar-refractivity contribution in [1.29, 1.82) is 0 Å². The van der Waals surface area contributed by atoms with Crippen molar-refractivity contribution < 1.29 is 28.3 Å². The van der Waals surface area contributed by atoms with Crippen molar-refractivity contribution in [1.82, 2.24) is 5.32 Å². The van der Waals surface area contributed by atoms with Gasteiger partial charge in [-0.3, -0.25) is 14.9 Å². The van der Waals surface area contributed by atoms with Crippen molar-refractivity contribution in [2.45, 2.75) is 13.3 Å². The number of barbiturate groups is 1. The van der Waals surface area contributed by atoms with E-state index in [4.69, 9.17) is 16.3 Å². The summed E-state index contributed by atoms with van der Waals surface area (Å²) in [7, 11) is 0. The molecule has 1 saturated heterocycles. The van der Waals surface area contributed by atoms with Crippen molar-refractivity contribution in [3.8, 4) is 0 Å². The number of rotatable bonds is 6.